The van der Waals surface area contributed by atoms with E-state index in [1.165, 1.54) is 0 Å². The Labute approximate surface area is 126 Å². The van der Waals surface area contributed by atoms with Crippen LogP contribution in [0.3, 0.4) is 0 Å². The molecule has 0 radical (unpaired) electrons. The molecule has 0 aliphatic carbocycles. The van der Waals surface area contributed by atoms with Crippen LogP contribution in [-0.4, -0.2) is 19.7 Å². The molecule has 19 heavy (non-hydrogen) atoms. The monoisotopic (exact) mass is 342 g/mol. The van der Waals surface area contributed by atoms with E-state index in [1.54, 1.807) is 10.9 Å². The number of aryl methyl sites for hydroxylation is 1. The molecule has 0 atom stereocenters. The van der Waals surface area contributed by atoms with Gasteiger partial charge in [-0.1, -0.05) is 25.4 Å². The third kappa shape index (κ3) is 2.98. The lowest BCUT2D eigenvalue weighted by Crippen LogP contribution is -2.03. The average molecular weight is 344 g/mol. The Balaban J connectivity index is 2.53. The standard InChI is InChI=1S/C13H16BrClN4/c1-7(2)5-10-11(14)12(15)18-13(17-10)9-6-16-19(4)8(9)3/h6-7H,5H2,1-4H3. The molecular formula is C13H16BrClN4. The zero-order chi connectivity index (χ0) is 14.2. The molecule has 6 heteroatoms. The predicted octanol–water partition coefficient (Wildman–Crippen LogP) is 3.80. The van der Waals surface area contributed by atoms with Crippen molar-refractivity contribution in [1.29, 1.82) is 0 Å². The SMILES string of the molecule is Cc1c(-c2nc(Cl)c(Br)c(CC(C)C)n2)cnn1C. The van der Waals surface area contributed by atoms with Gasteiger partial charge in [0.2, 0.25) is 0 Å². The van der Waals surface area contributed by atoms with E-state index in [4.69, 9.17) is 11.6 Å². The lowest BCUT2D eigenvalue weighted by Gasteiger charge is -2.10. The van der Waals surface area contributed by atoms with Crippen LogP contribution in [0, 0.1) is 12.8 Å². The van der Waals surface area contributed by atoms with Gasteiger partial charge >= 0.3 is 0 Å². The minimum atomic E-state index is 0.448. The van der Waals surface area contributed by atoms with Crippen LogP contribution in [0.1, 0.15) is 25.2 Å². The Morgan fingerprint density at radius 3 is 2.58 bits per heavy atom. The van der Waals surface area contributed by atoms with Crippen molar-refractivity contribution in [3.8, 4) is 11.4 Å². The summed E-state index contributed by atoms with van der Waals surface area (Å²) in [7, 11) is 1.90. The Morgan fingerprint density at radius 2 is 2.05 bits per heavy atom. The molecule has 2 aromatic heterocycles. The van der Waals surface area contributed by atoms with Gasteiger partial charge in [-0.2, -0.15) is 5.10 Å². The van der Waals surface area contributed by atoms with Crippen LogP contribution in [-0.2, 0) is 13.5 Å². The first-order valence-electron chi connectivity index (χ1n) is 6.11. The van der Waals surface area contributed by atoms with Crippen LogP contribution < -0.4 is 0 Å². The van der Waals surface area contributed by atoms with Crippen molar-refractivity contribution in [3.05, 3.63) is 27.2 Å². The highest BCUT2D eigenvalue weighted by Gasteiger charge is 2.16. The number of nitrogens with zero attached hydrogens (tertiary/aromatic N) is 4. The number of hydrogen-bond donors (Lipinski definition) is 0. The van der Waals surface area contributed by atoms with E-state index in [2.05, 4.69) is 44.8 Å². The van der Waals surface area contributed by atoms with E-state index in [-0.39, 0.29) is 0 Å². The fraction of sp³-hybridized carbons (Fsp3) is 0.462. The van der Waals surface area contributed by atoms with E-state index >= 15 is 0 Å². The number of rotatable bonds is 3. The van der Waals surface area contributed by atoms with Crippen molar-refractivity contribution >= 4 is 27.5 Å². The first kappa shape index (κ1) is 14.5. The fourth-order valence-corrected chi connectivity index (χ4v) is 2.35. The number of aromatic nitrogens is 4. The molecule has 0 bridgehead atoms. The van der Waals surface area contributed by atoms with Crippen molar-refractivity contribution in [3.63, 3.8) is 0 Å². The second-order valence-corrected chi connectivity index (χ2v) is 6.11. The van der Waals surface area contributed by atoms with E-state index in [0.29, 0.717) is 16.9 Å². The van der Waals surface area contributed by atoms with Crippen molar-refractivity contribution in [2.45, 2.75) is 27.2 Å². The third-order valence-corrected chi connectivity index (χ3v) is 4.29. The lowest BCUT2D eigenvalue weighted by atomic mass is 10.1. The van der Waals surface area contributed by atoms with Crippen LogP contribution in [0.2, 0.25) is 5.15 Å². The summed E-state index contributed by atoms with van der Waals surface area (Å²) in [5.41, 5.74) is 2.88. The molecule has 4 nitrogen and oxygen atoms in total. The Kier molecular flexibility index (Phi) is 4.26. The highest BCUT2D eigenvalue weighted by atomic mass is 79.9. The molecule has 102 valence electrons. The van der Waals surface area contributed by atoms with Gasteiger partial charge in [-0.25, -0.2) is 9.97 Å². The Hall–Kier alpha value is -0.940. The first-order valence-corrected chi connectivity index (χ1v) is 7.28. The highest BCUT2D eigenvalue weighted by molar-refractivity contribution is 9.10. The Bertz CT molecular complexity index is 607. The molecule has 0 aromatic carbocycles. The van der Waals surface area contributed by atoms with Crippen LogP contribution in [0.15, 0.2) is 10.7 Å². The van der Waals surface area contributed by atoms with Gasteiger partial charge in [-0.3, -0.25) is 4.68 Å². The first-order chi connectivity index (χ1) is 8.90. The zero-order valence-electron chi connectivity index (χ0n) is 11.4. The molecule has 2 aromatic rings. The minimum Gasteiger partial charge on any atom is -0.272 e. The molecule has 0 aliphatic rings. The molecule has 0 fully saturated rings. The van der Waals surface area contributed by atoms with E-state index in [0.717, 1.165) is 27.8 Å². The quantitative estimate of drug-likeness (QED) is 0.796. The summed E-state index contributed by atoms with van der Waals surface area (Å²) in [6.45, 7) is 6.29. The number of hydrogen-bond acceptors (Lipinski definition) is 3. The molecule has 0 amide bonds. The van der Waals surface area contributed by atoms with Crippen LogP contribution in [0.4, 0.5) is 0 Å². The van der Waals surface area contributed by atoms with Crippen molar-refractivity contribution in [1.82, 2.24) is 19.7 Å². The maximum atomic E-state index is 6.19. The summed E-state index contributed by atoms with van der Waals surface area (Å²) in [5.74, 6) is 1.14. The van der Waals surface area contributed by atoms with Crippen LogP contribution >= 0.6 is 27.5 Å². The summed E-state index contributed by atoms with van der Waals surface area (Å²) < 4.78 is 2.59. The molecule has 0 unspecified atom stereocenters. The largest absolute Gasteiger partial charge is 0.272 e. The average Bonchev–Trinajstić information content (AvgIpc) is 2.65. The van der Waals surface area contributed by atoms with E-state index < -0.39 is 0 Å². The maximum Gasteiger partial charge on any atom is 0.164 e. The smallest absolute Gasteiger partial charge is 0.164 e. The van der Waals surface area contributed by atoms with Crippen molar-refractivity contribution in [2.75, 3.05) is 0 Å². The van der Waals surface area contributed by atoms with Gasteiger partial charge in [0.15, 0.2) is 5.82 Å². The molecule has 2 heterocycles. The van der Waals surface area contributed by atoms with Gasteiger partial charge in [0.1, 0.15) is 5.15 Å². The predicted molar refractivity (Wildman–Crippen MR) is 80.2 cm³/mol. The molecule has 0 saturated carbocycles. The minimum absolute atomic E-state index is 0.448. The van der Waals surface area contributed by atoms with Gasteiger partial charge in [0.05, 0.1) is 21.9 Å². The van der Waals surface area contributed by atoms with E-state index in [1.807, 2.05) is 14.0 Å². The third-order valence-electron chi connectivity index (χ3n) is 2.96. The van der Waals surface area contributed by atoms with Gasteiger partial charge in [0.25, 0.3) is 0 Å². The molecule has 0 aliphatic heterocycles. The highest BCUT2D eigenvalue weighted by Crippen LogP contribution is 2.29. The van der Waals surface area contributed by atoms with Gasteiger partial charge < -0.3 is 0 Å². The second kappa shape index (κ2) is 5.59. The van der Waals surface area contributed by atoms with Crippen molar-refractivity contribution < 1.29 is 0 Å². The summed E-state index contributed by atoms with van der Waals surface area (Å²) in [6.07, 6.45) is 2.63. The van der Waals surface area contributed by atoms with Gasteiger partial charge in [-0.05, 0) is 35.2 Å². The second-order valence-electron chi connectivity index (χ2n) is 4.96. The van der Waals surface area contributed by atoms with Crippen LogP contribution in [0.25, 0.3) is 11.4 Å². The van der Waals surface area contributed by atoms with Gasteiger partial charge in [-0.15, -0.1) is 0 Å². The topological polar surface area (TPSA) is 43.6 Å². The number of halogens is 2. The van der Waals surface area contributed by atoms with Crippen LogP contribution in [0.5, 0.6) is 0 Å². The molecule has 0 spiro atoms. The fourth-order valence-electron chi connectivity index (χ4n) is 1.82. The summed E-state index contributed by atoms with van der Waals surface area (Å²) in [4.78, 5) is 8.96. The summed E-state index contributed by atoms with van der Waals surface area (Å²) in [5, 5.41) is 4.67. The molecular weight excluding hydrogens is 328 g/mol. The zero-order valence-corrected chi connectivity index (χ0v) is 13.7. The molecule has 0 N–H and O–H groups in total. The molecule has 0 saturated heterocycles. The summed E-state index contributed by atoms with van der Waals surface area (Å²) >= 11 is 9.65. The van der Waals surface area contributed by atoms with Gasteiger partial charge in [0, 0.05) is 12.7 Å². The normalized spacial score (nSPS) is 11.3. The van der Waals surface area contributed by atoms with E-state index in [9.17, 15) is 0 Å². The Morgan fingerprint density at radius 1 is 1.37 bits per heavy atom. The van der Waals surface area contributed by atoms with Crippen molar-refractivity contribution in [2.24, 2.45) is 13.0 Å². The maximum absolute atomic E-state index is 6.19. The lowest BCUT2D eigenvalue weighted by molar-refractivity contribution is 0.632. The molecule has 2 rings (SSSR count). The summed E-state index contributed by atoms with van der Waals surface area (Å²) in [6, 6.07) is 0.